The number of sulfonamides is 2. The van der Waals surface area contributed by atoms with E-state index >= 15 is 0 Å². The van der Waals surface area contributed by atoms with Crippen molar-refractivity contribution in [2.45, 2.75) is 64.5 Å². The van der Waals surface area contributed by atoms with E-state index in [0.29, 0.717) is 91.5 Å². The molecule has 6 aliphatic heterocycles. The minimum absolute atomic E-state index is 0.189. The van der Waals surface area contributed by atoms with E-state index in [0.717, 1.165) is 106 Å². The number of aromatic nitrogens is 6. The molecule has 0 aliphatic carbocycles. The SMILES string of the molecule is CC1CN(c2cc(N3CCOCC3)n3nc([C@@H]4CCCCN4C(=O)c4cc(Cl)ccc4NS(C)(=O)=O)cc3n2)C1.CC1CNC1.CS(=O)(=O)Nc1ccc(Cl)cc1C(=O)N1CCCC[C@H]1c1cc2nc(Cl)cc(N3CCOCC3)n2n1. The average molecular weight is 1210 g/mol. The lowest BCUT2D eigenvalue weighted by molar-refractivity contribution is 0.0600. The van der Waals surface area contributed by atoms with E-state index in [1.165, 1.54) is 37.4 Å². The van der Waals surface area contributed by atoms with E-state index in [1.807, 2.05) is 16.6 Å². The first-order chi connectivity index (χ1) is 38.7. The van der Waals surface area contributed by atoms with Crippen molar-refractivity contribution in [2.75, 3.05) is 129 Å². The van der Waals surface area contributed by atoms with Gasteiger partial charge in [0.05, 0.1) is 84.9 Å². The molecule has 0 saturated carbocycles. The van der Waals surface area contributed by atoms with Gasteiger partial charge in [0.15, 0.2) is 11.3 Å². The molecule has 0 spiro atoms. The Morgan fingerprint density at radius 1 is 0.580 bits per heavy atom. The third-order valence-corrected chi connectivity index (χ3v) is 16.9. The third kappa shape index (κ3) is 14.0. The Morgan fingerprint density at radius 3 is 1.44 bits per heavy atom. The number of benzene rings is 2. The number of fused-ring (bicyclic) bond motifs is 2. The maximum absolute atomic E-state index is 13.9. The van der Waals surface area contributed by atoms with Crippen LogP contribution in [0.4, 0.5) is 28.8 Å². The molecular weight excluding hydrogens is 1140 g/mol. The summed E-state index contributed by atoms with van der Waals surface area (Å²) < 4.78 is 67.4. The lowest BCUT2D eigenvalue weighted by Gasteiger charge is -2.39. The van der Waals surface area contributed by atoms with Crippen molar-refractivity contribution >= 4 is 107 Å². The number of nitrogens with one attached hydrogen (secondary N) is 3. The summed E-state index contributed by atoms with van der Waals surface area (Å²) in [5.74, 6) is 3.72. The number of piperidine rings is 2. The number of amides is 2. The zero-order chi connectivity index (χ0) is 57.2. The van der Waals surface area contributed by atoms with Crippen LogP contribution in [0.25, 0.3) is 11.3 Å². The van der Waals surface area contributed by atoms with Gasteiger partial charge in [-0.25, -0.2) is 26.8 Å². The highest BCUT2D eigenvalue weighted by Crippen LogP contribution is 2.38. The first-order valence-electron chi connectivity index (χ1n) is 27.5. The molecule has 22 nitrogen and oxygen atoms in total. The Morgan fingerprint density at radius 2 is 1.02 bits per heavy atom. The summed E-state index contributed by atoms with van der Waals surface area (Å²) in [5, 5.41) is 14.1. The molecule has 6 aliphatic rings. The monoisotopic (exact) mass is 1210 g/mol. The number of likely N-dealkylation sites (tertiary alicyclic amines) is 2. The zero-order valence-electron chi connectivity index (χ0n) is 45.9. The Labute approximate surface area is 487 Å². The number of ether oxygens (including phenoxy) is 2. The van der Waals surface area contributed by atoms with Crippen LogP contribution in [-0.2, 0) is 29.5 Å². The molecule has 0 bridgehead atoms. The first kappa shape index (κ1) is 58.5. The molecule has 0 unspecified atom stereocenters. The zero-order valence-corrected chi connectivity index (χ0v) is 49.8. The molecule has 6 saturated heterocycles. The van der Waals surface area contributed by atoms with Crippen LogP contribution in [0.5, 0.6) is 0 Å². The van der Waals surface area contributed by atoms with Gasteiger partial charge >= 0.3 is 0 Å². The van der Waals surface area contributed by atoms with E-state index in [2.05, 4.69) is 54.4 Å². The van der Waals surface area contributed by atoms with Crippen LogP contribution in [0.3, 0.4) is 0 Å². The van der Waals surface area contributed by atoms with Crippen molar-refractivity contribution in [3.63, 3.8) is 0 Å². The number of anilines is 5. The van der Waals surface area contributed by atoms with Gasteiger partial charge < -0.3 is 39.3 Å². The molecule has 27 heteroatoms. The largest absolute Gasteiger partial charge is 0.378 e. The van der Waals surface area contributed by atoms with Gasteiger partial charge in [-0.3, -0.25) is 19.0 Å². The van der Waals surface area contributed by atoms with Gasteiger partial charge in [0.1, 0.15) is 22.6 Å². The second kappa shape index (κ2) is 25.0. The lowest BCUT2D eigenvalue weighted by Crippen LogP contribution is -2.46. The Bertz CT molecular complexity index is 3500. The maximum atomic E-state index is 13.9. The van der Waals surface area contributed by atoms with Gasteiger partial charge in [0.25, 0.3) is 11.8 Å². The molecule has 4 aromatic heterocycles. The number of nitrogens with zero attached hydrogens (tertiary/aromatic N) is 11. The highest BCUT2D eigenvalue weighted by Gasteiger charge is 2.36. The molecule has 2 atom stereocenters. The number of hydrogen-bond donors (Lipinski definition) is 3. The fourth-order valence-electron chi connectivity index (χ4n) is 11.0. The number of rotatable bonds is 11. The van der Waals surface area contributed by atoms with Crippen molar-refractivity contribution in [3.8, 4) is 0 Å². The van der Waals surface area contributed by atoms with Gasteiger partial charge in [-0.05, 0) is 99.8 Å². The van der Waals surface area contributed by atoms with Crippen LogP contribution < -0.4 is 29.5 Å². The molecule has 81 heavy (non-hydrogen) atoms. The summed E-state index contributed by atoms with van der Waals surface area (Å²) in [5.41, 5.74) is 3.62. The Hall–Kier alpha value is -5.73. The average Bonchev–Trinajstić information content (AvgIpc) is 4.16. The van der Waals surface area contributed by atoms with Crippen LogP contribution in [0.1, 0.15) is 96.6 Å². The second-order valence-electron chi connectivity index (χ2n) is 21.7. The van der Waals surface area contributed by atoms with E-state index < -0.39 is 20.0 Å². The summed E-state index contributed by atoms with van der Waals surface area (Å²) in [6.45, 7) is 15.4. The molecule has 12 rings (SSSR count). The molecule has 2 aromatic carbocycles. The fourth-order valence-corrected chi connectivity index (χ4v) is 12.7. The van der Waals surface area contributed by atoms with Gasteiger partial charge in [-0.15, -0.1) is 0 Å². The van der Waals surface area contributed by atoms with Crippen molar-refractivity contribution in [1.82, 2.24) is 44.3 Å². The number of carbonyl (C=O) groups is 2. The lowest BCUT2D eigenvalue weighted by atomic mass is 9.98. The van der Waals surface area contributed by atoms with Crippen LogP contribution in [0.2, 0.25) is 15.2 Å². The molecule has 3 N–H and O–H groups in total. The van der Waals surface area contributed by atoms with Gasteiger partial charge in [-0.1, -0.05) is 48.7 Å². The van der Waals surface area contributed by atoms with Crippen molar-refractivity contribution in [2.24, 2.45) is 11.8 Å². The van der Waals surface area contributed by atoms with E-state index in [-0.39, 0.29) is 46.4 Å². The maximum Gasteiger partial charge on any atom is 0.256 e. The number of morpholine rings is 2. The van der Waals surface area contributed by atoms with Crippen LogP contribution in [-0.4, -0.2) is 172 Å². The van der Waals surface area contributed by atoms with Gasteiger partial charge in [0, 0.05) is 86.7 Å². The van der Waals surface area contributed by atoms with Crippen LogP contribution >= 0.6 is 34.8 Å². The Balaban J connectivity index is 0.000000168. The summed E-state index contributed by atoms with van der Waals surface area (Å²) in [7, 11) is -7.19. The predicted octanol–water partition coefficient (Wildman–Crippen LogP) is 7.25. The van der Waals surface area contributed by atoms with E-state index in [1.54, 1.807) is 32.5 Å². The minimum Gasteiger partial charge on any atom is -0.378 e. The topological polar surface area (TPSA) is 234 Å². The summed E-state index contributed by atoms with van der Waals surface area (Å²) in [6.07, 6.45) is 7.11. The van der Waals surface area contributed by atoms with Crippen molar-refractivity contribution < 1.29 is 35.9 Å². The van der Waals surface area contributed by atoms with Gasteiger partial charge in [-0.2, -0.15) is 19.2 Å². The summed E-state index contributed by atoms with van der Waals surface area (Å²) >= 11 is 18.8. The highest BCUT2D eigenvalue weighted by atomic mass is 35.5. The summed E-state index contributed by atoms with van der Waals surface area (Å²) in [6, 6.07) is 16.3. The first-order valence-corrected chi connectivity index (χ1v) is 32.4. The summed E-state index contributed by atoms with van der Waals surface area (Å²) in [4.78, 5) is 47.4. The van der Waals surface area contributed by atoms with E-state index in [9.17, 15) is 26.4 Å². The predicted molar refractivity (Wildman–Crippen MR) is 316 cm³/mol. The number of hydrogen-bond acceptors (Lipinski definition) is 16. The number of halogens is 3. The molecule has 0 radical (unpaired) electrons. The van der Waals surface area contributed by atoms with Crippen molar-refractivity contribution in [3.05, 3.63) is 98.4 Å². The number of carbonyl (C=O) groups excluding carboxylic acids is 2. The third-order valence-electron chi connectivity index (χ3n) is 15.1. The fraction of sp³-hybridized carbons (Fsp3) is 0.519. The normalized spacial score (nSPS) is 20.2. The highest BCUT2D eigenvalue weighted by molar-refractivity contribution is 7.92. The molecule has 436 valence electrons. The Kier molecular flexibility index (Phi) is 18.1. The molecule has 2 amide bonds. The minimum atomic E-state index is -3.59. The van der Waals surface area contributed by atoms with Gasteiger partial charge in [0.2, 0.25) is 20.0 Å². The van der Waals surface area contributed by atoms with E-state index in [4.69, 9.17) is 59.5 Å². The molecular formula is C54H69Cl3N14O8S2. The standard InChI is InChI=1S/C27H34ClN7O4S.C23H26Cl2N6O4S.C4H9N/c1-18-16-33(17-18)24-15-26(32-9-11-39-12-10-32)35-25(29-24)14-22(30-35)23-5-3-4-8-34(23)27(36)20-13-19(28)6-7-21(20)31-40(2,37)38;1-36(33,34)28-17-6-5-15(24)12-16(17)23(32)30-7-3-2-4-19(30)18-13-21-26-20(25)14-22(31(21)27-18)29-8-10-35-11-9-29;1-4-2-5-3-4/h6-7,13-15,18,23,31H,3-5,8-12,16-17H2,1-2H3;5-6,12-14,19,28H,2-4,7-11H2,1H3;4-5H,2-3H2,1H3/t23-;19-;/m00./s1. The quantitative estimate of drug-likeness (QED) is 0.108. The molecule has 6 fully saturated rings. The van der Waals surface area contributed by atoms with Crippen LogP contribution in [0.15, 0.2) is 60.7 Å². The molecule has 10 heterocycles. The van der Waals surface area contributed by atoms with Crippen LogP contribution in [0, 0.1) is 11.8 Å². The molecule has 6 aromatic rings. The van der Waals surface area contributed by atoms with Crippen molar-refractivity contribution in [1.29, 1.82) is 0 Å². The smallest absolute Gasteiger partial charge is 0.256 e. The second-order valence-corrected chi connectivity index (χ2v) is 26.5.